The molecule has 0 aliphatic heterocycles. The highest BCUT2D eigenvalue weighted by atomic mass is 32.2. The topological polar surface area (TPSA) is 105 Å². The highest BCUT2D eigenvalue weighted by Crippen LogP contribution is 2.20. The van der Waals surface area contributed by atoms with E-state index in [9.17, 15) is 13.2 Å². The van der Waals surface area contributed by atoms with Crippen LogP contribution in [0.2, 0.25) is 0 Å². The number of hydrogen-bond donors (Lipinski definition) is 3. The molecule has 0 saturated heterocycles. The Morgan fingerprint density at radius 1 is 1.37 bits per heavy atom. The average Bonchev–Trinajstić information content (AvgIpc) is 2.22. The van der Waals surface area contributed by atoms with Gasteiger partial charge in [0, 0.05) is 13.2 Å². The van der Waals surface area contributed by atoms with E-state index in [1.54, 1.807) is 18.6 Å². The summed E-state index contributed by atoms with van der Waals surface area (Å²) in [5.41, 5.74) is -0.306. The van der Waals surface area contributed by atoms with E-state index in [1.807, 2.05) is 13.8 Å². The summed E-state index contributed by atoms with van der Waals surface area (Å²) in [6.07, 6.45) is -0.133. The van der Waals surface area contributed by atoms with Crippen molar-refractivity contribution in [3.63, 3.8) is 0 Å². The van der Waals surface area contributed by atoms with Crippen molar-refractivity contribution < 1.29 is 23.1 Å². The quantitative estimate of drug-likeness (QED) is 0.613. The van der Waals surface area contributed by atoms with Gasteiger partial charge in [0.2, 0.25) is 0 Å². The lowest BCUT2D eigenvalue weighted by Crippen LogP contribution is -2.44. The number of carbonyl (C=O) groups is 1. The Morgan fingerprint density at radius 3 is 2.42 bits per heavy atom. The van der Waals surface area contributed by atoms with Gasteiger partial charge in [-0.3, -0.25) is 0 Å². The van der Waals surface area contributed by atoms with Crippen LogP contribution in [0.15, 0.2) is 0 Å². The maximum Gasteiger partial charge on any atom is 0.422 e. The van der Waals surface area contributed by atoms with Gasteiger partial charge in [0.1, 0.15) is 0 Å². The van der Waals surface area contributed by atoms with E-state index in [4.69, 9.17) is 5.11 Å². The van der Waals surface area contributed by atoms with Crippen molar-refractivity contribution >= 4 is 16.3 Å². The van der Waals surface area contributed by atoms with E-state index < -0.39 is 22.4 Å². The number of aliphatic hydroxyl groups excluding tert-OH is 1. The molecule has 0 aromatic carbocycles. The van der Waals surface area contributed by atoms with Gasteiger partial charge < -0.3 is 9.84 Å². The van der Waals surface area contributed by atoms with Crippen molar-refractivity contribution in [1.29, 1.82) is 0 Å². The number of carbonyl (C=O) groups excluding carboxylic acids is 1. The van der Waals surface area contributed by atoms with E-state index >= 15 is 0 Å². The number of ether oxygens (including phenoxy) is 1. The second-order valence-electron chi connectivity index (χ2n) is 5.37. The molecule has 0 rings (SSSR count). The Balaban J connectivity index is 4.27. The van der Waals surface area contributed by atoms with Crippen LogP contribution in [0, 0.1) is 5.41 Å². The second-order valence-corrected chi connectivity index (χ2v) is 6.87. The fourth-order valence-electron chi connectivity index (χ4n) is 1.32. The van der Waals surface area contributed by atoms with E-state index in [1.165, 1.54) is 0 Å². The number of amides is 1. The van der Waals surface area contributed by atoms with Gasteiger partial charge in [-0.2, -0.15) is 13.1 Å². The lowest BCUT2D eigenvalue weighted by molar-refractivity contribution is 0.121. The molecule has 0 aromatic heterocycles. The standard InChI is InChI=1S/C11H24N2O5S/c1-9(2)18-10(15)13-19(16,17)12-8-11(3,4)6-5-7-14/h9,12,14H,5-8H2,1-4H3,(H,13,15). The van der Waals surface area contributed by atoms with Crippen LogP contribution in [-0.4, -0.2) is 38.9 Å². The molecule has 0 aromatic rings. The first-order valence-corrected chi connectivity index (χ1v) is 7.65. The summed E-state index contributed by atoms with van der Waals surface area (Å²) < 4.78 is 31.9. The summed E-state index contributed by atoms with van der Waals surface area (Å²) in [5.74, 6) is 0. The largest absolute Gasteiger partial charge is 0.446 e. The number of rotatable bonds is 8. The minimum absolute atomic E-state index is 0.0646. The molecule has 0 fully saturated rings. The minimum atomic E-state index is -3.92. The van der Waals surface area contributed by atoms with Gasteiger partial charge in [0.15, 0.2) is 0 Å². The SMILES string of the molecule is CC(C)OC(=O)NS(=O)(=O)NCC(C)(C)CCCO. The van der Waals surface area contributed by atoms with Gasteiger partial charge in [0.05, 0.1) is 6.10 Å². The molecule has 8 heteroatoms. The third-order valence-corrected chi connectivity index (χ3v) is 3.27. The molecule has 0 radical (unpaired) electrons. The van der Waals surface area contributed by atoms with E-state index in [2.05, 4.69) is 9.46 Å². The Bertz CT molecular complexity index is 379. The van der Waals surface area contributed by atoms with Gasteiger partial charge in [-0.25, -0.2) is 9.52 Å². The first-order valence-electron chi connectivity index (χ1n) is 6.17. The van der Waals surface area contributed by atoms with E-state index in [-0.39, 0.29) is 18.6 Å². The molecule has 19 heavy (non-hydrogen) atoms. The summed E-state index contributed by atoms with van der Waals surface area (Å²) in [7, 11) is -3.92. The molecule has 0 bridgehead atoms. The third-order valence-electron chi connectivity index (χ3n) is 2.31. The fourth-order valence-corrected chi connectivity index (χ4v) is 2.24. The van der Waals surface area contributed by atoms with Crippen LogP contribution in [-0.2, 0) is 14.9 Å². The molecular weight excluding hydrogens is 272 g/mol. The first-order chi connectivity index (χ1) is 8.58. The molecule has 0 heterocycles. The zero-order chi connectivity index (χ0) is 15.1. The molecule has 0 spiro atoms. The van der Waals surface area contributed by atoms with Crippen molar-refractivity contribution in [2.45, 2.75) is 46.6 Å². The van der Waals surface area contributed by atoms with Crippen molar-refractivity contribution in [2.75, 3.05) is 13.2 Å². The van der Waals surface area contributed by atoms with Gasteiger partial charge in [0.25, 0.3) is 0 Å². The predicted octanol–water partition coefficient (Wildman–Crippen LogP) is 0.754. The van der Waals surface area contributed by atoms with Crippen molar-refractivity contribution in [1.82, 2.24) is 9.44 Å². The highest BCUT2D eigenvalue weighted by Gasteiger charge is 2.22. The smallest absolute Gasteiger partial charge is 0.422 e. The Hall–Kier alpha value is -0.860. The average molecular weight is 296 g/mol. The molecule has 114 valence electrons. The first kappa shape index (κ1) is 18.1. The van der Waals surface area contributed by atoms with Crippen molar-refractivity contribution in [2.24, 2.45) is 5.41 Å². The molecule has 1 amide bonds. The molecule has 0 aliphatic carbocycles. The molecule has 3 N–H and O–H groups in total. The van der Waals surface area contributed by atoms with Crippen LogP contribution >= 0.6 is 0 Å². The number of aliphatic hydroxyl groups is 1. The highest BCUT2D eigenvalue weighted by molar-refractivity contribution is 7.88. The van der Waals surface area contributed by atoms with Crippen LogP contribution in [0.1, 0.15) is 40.5 Å². The minimum Gasteiger partial charge on any atom is -0.446 e. The van der Waals surface area contributed by atoms with Crippen molar-refractivity contribution in [3.8, 4) is 0 Å². The van der Waals surface area contributed by atoms with Gasteiger partial charge in [-0.15, -0.1) is 0 Å². The molecule has 7 nitrogen and oxygen atoms in total. The van der Waals surface area contributed by atoms with Crippen LogP contribution in [0.25, 0.3) is 0 Å². The summed E-state index contributed by atoms with van der Waals surface area (Å²) in [5, 5.41) is 8.75. The third kappa shape index (κ3) is 9.69. The Morgan fingerprint density at radius 2 is 1.95 bits per heavy atom. The maximum atomic E-state index is 11.6. The lowest BCUT2D eigenvalue weighted by atomic mass is 9.88. The maximum absolute atomic E-state index is 11.6. The van der Waals surface area contributed by atoms with Gasteiger partial charge in [-0.05, 0) is 32.1 Å². The van der Waals surface area contributed by atoms with Crippen LogP contribution in [0.5, 0.6) is 0 Å². The zero-order valence-electron chi connectivity index (χ0n) is 11.9. The normalized spacial score (nSPS) is 12.5. The van der Waals surface area contributed by atoms with Crippen LogP contribution in [0.3, 0.4) is 0 Å². The number of nitrogens with one attached hydrogen (secondary N) is 2. The molecule has 0 aliphatic rings. The molecular formula is C11H24N2O5S. The molecule has 0 atom stereocenters. The van der Waals surface area contributed by atoms with E-state index in [0.29, 0.717) is 12.8 Å². The van der Waals surface area contributed by atoms with Gasteiger partial charge >= 0.3 is 16.3 Å². The summed E-state index contributed by atoms with van der Waals surface area (Å²) in [6.45, 7) is 7.22. The van der Waals surface area contributed by atoms with Crippen LogP contribution in [0.4, 0.5) is 4.79 Å². The van der Waals surface area contributed by atoms with E-state index in [0.717, 1.165) is 0 Å². The molecule has 0 saturated carbocycles. The second kappa shape index (κ2) is 7.66. The predicted molar refractivity (Wildman–Crippen MR) is 71.8 cm³/mol. The fraction of sp³-hybridized carbons (Fsp3) is 0.909. The van der Waals surface area contributed by atoms with Gasteiger partial charge in [-0.1, -0.05) is 13.8 Å². The lowest BCUT2D eigenvalue weighted by Gasteiger charge is -2.24. The van der Waals surface area contributed by atoms with Crippen LogP contribution < -0.4 is 9.44 Å². The Kier molecular flexibility index (Phi) is 7.32. The zero-order valence-corrected chi connectivity index (χ0v) is 12.7. The Labute approximate surface area is 114 Å². The summed E-state index contributed by atoms with van der Waals surface area (Å²) in [6, 6.07) is 0. The summed E-state index contributed by atoms with van der Waals surface area (Å²) in [4.78, 5) is 11.2. The summed E-state index contributed by atoms with van der Waals surface area (Å²) >= 11 is 0. The molecule has 0 unspecified atom stereocenters. The monoisotopic (exact) mass is 296 g/mol. The number of hydrogen-bond acceptors (Lipinski definition) is 5. The van der Waals surface area contributed by atoms with Crippen molar-refractivity contribution in [3.05, 3.63) is 0 Å².